The van der Waals surface area contributed by atoms with Gasteiger partial charge in [0.25, 0.3) is 5.91 Å². The molecule has 5 nitrogen and oxygen atoms in total. The lowest BCUT2D eigenvalue weighted by molar-refractivity contribution is 0.0977. The number of nitrogens with one attached hydrogen (secondary N) is 2. The van der Waals surface area contributed by atoms with Gasteiger partial charge in [0.15, 0.2) is 5.11 Å². The van der Waals surface area contributed by atoms with Crippen LogP contribution >= 0.6 is 28.1 Å². The molecule has 0 unspecified atom stereocenters. The summed E-state index contributed by atoms with van der Waals surface area (Å²) in [4.78, 5) is 12.6. The van der Waals surface area contributed by atoms with Gasteiger partial charge >= 0.3 is 0 Å². The average molecular weight is 505 g/mol. The maximum Gasteiger partial charge on any atom is 0.257 e. The van der Waals surface area contributed by atoms with Gasteiger partial charge in [0.05, 0.1) is 16.8 Å². The number of amides is 1. The van der Waals surface area contributed by atoms with Gasteiger partial charge in [-0.1, -0.05) is 44.9 Å². The van der Waals surface area contributed by atoms with Gasteiger partial charge < -0.3 is 14.8 Å². The molecular weight excluding hydrogens is 476 g/mol. The van der Waals surface area contributed by atoms with E-state index in [1.807, 2.05) is 31.2 Å². The molecule has 0 spiro atoms. The second-order valence-electron chi connectivity index (χ2n) is 7.20. The molecular formula is C24H29BrN2O3S. The fraction of sp³-hybridized carbons (Fsp3) is 0.333. The molecule has 166 valence electrons. The van der Waals surface area contributed by atoms with E-state index in [1.165, 1.54) is 12.8 Å². The van der Waals surface area contributed by atoms with Gasteiger partial charge in [0.2, 0.25) is 0 Å². The van der Waals surface area contributed by atoms with Crippen LogP contribution in [0.5, 0.6) is 11.5 Å². The van der Waals surface area contributed by atoms with Crippen molar-refractivity contribution >= 4 is 44.9 Å². The van der Waals surface area contributed by atoms with Crippen LogP contribution in [-0.4, -0.2) is 24.2 Å². The Labute approximate surface area is 198 Å². The highest BCUT2D eigenvalue weighted by Crippen LogP contribution is 2.27. The molecule has 31 heavy (non-hydrogen) atoms. The molecule has 0 atom stereocenters. The lowest BCUT2D eigenvalue weighted by atomic mass is 10.2. The maximum atomic E-state index is 12.6. The molecule has 2 aromatic rings. The van der Waals surface area contributed by atoms with Crippen molar-refractivity contribution in [1.82, 2.24) is 5.32 Å². The van der Waals surface area contributed by atoms with E-state index in [1.54, 1.807) is 18.2 Å². The predicted octanol–water partition coefficient (Wildman–Crippen LogP) is 6.49. The van der Waals surface area contributed by atoms with Crippen molar-refractivity contribution in [1.29, 1.82) is 0 Å². The average Bonchev–Trinajstić information content (AvgIpc) is 2.73. The fourth-order valence-electron chi connectivity index (χ4n) is 2.70. The van der Waals surface area contributed by atoms with E-state index in [2.05, 4.69) is 40.1 Å². The first-order valence-corrected chi connectivity index (χ1v) is 11.5. The van der Waals surface area contributed by atoms with Gasteiger partial charge in [-0.25, -0.2) is 0 Å². The molecule has 0 aliphatic heterocycles. The van der Waals surface area contributed by atoms with Crippen molar-refractivity contribution in [3.63, 3.8) is 0 Å². The molecule has 0 fully saturated rings. The van der Waals surface area contributed by atoms with Crippen molar-refractivity contribution < 1.29 is 14.3 Å². The van der Waals surface area contributed by atoms with Crippen LogP contribution < -0.4 is 20.1 Å². The van der Waals surface area contributed by atoms with Crippen molar-refractivity contribution in [2.75, 3.05) is 18.5 Å². The van der Waals surface area contributed by atoms with Gasteiger partial charge in [0, 0.05) is 5.56 Å². The van der Waals surface area contributed by atoms with Crippen LogP contribution in [0.4, 0.5) is 5.69 Å². The van der Waals surface area contributed by atoms with Crippen molar-refractivity contribution in [2.24, 2.45) is 0 Å². The monoisotopic (exact) mass is 504 g/mol. The molecule has 0 saturated carbocycles. The highest BCUT2D eigenvalue weighted by atomic mass is 79.9. The number of hydrogen-bond acceptors (Lipinski definition) is 4. The molecule has 2 aromatic carbocycles. The molecule has 1 amide bonds. The van der Waals surface area contributed by atoms with Crippen molar-refractivity contribution in [2.45, 2.75) is 39.5 Å². The molecule has 0 aliphatic carbocycles. The van der Waals surface area contributed by atoms with Gasteiger partial charge in [-0.05, 0) is 77.4 Å². The second kappa shape index (κ2) is 13.1. The second-order valence-corrected chi connectivity index (χ2v) is 8.47. The Morgan fingerprint density at radius 2 is 1.87 bits per heavy atom. The summed E-state index contributed by atoms with van der Waals surface area (Å²) in [5.74, 6) is 1.04. The highest BCUT2D eigenvalue weighted by Gasteiger charge is 2.12. The number of anilines is 1. The molecule has 0 saturated heterocycles. The number of rotatable bonds is 11. The van der Waals surface area contributed by atoms with E-state index >= 15 is 0 Å². The quantitative estimate of drug-likeness (QED) is 0.208. The minimum Gasteiger partial charge on any atom is -0.492 e. The topological polar surface area (TPSA) is 59.6 Å². The summed E-state index contributed by atoms with van der Waals surface area (Å²) in [5, 5.41) is 5.89. The van der Waals surface area contributed by atoms with Gasteiger partial charge in [-0.15, -0.1) is 0 Å². The standard InChI is InChI=1S/C24H29BrN2O3S/c1-4-5-6-9-14-29-21-13-12-18(15-19(21)25)23(28)27-24(31)26-20-10-7-8-11-22(20)30-16-17(2)3/h7-8,10-13,15H,2,4-6,9,14,16H2,1,3H3,(H2,26,27,28,31). The lowest BCUT2D eigenvalue weighted by Gasteiger charge is -2.14. The fourth-order valence-corrected chi connectivity index (χ4v) is 3.39. The zero-order chi connectivity index (χ0) is 22.6. The maximum absolute atomic E-state index is 12.6. The third-order valence-electron chi connectivity index (χ3n) is 4.29. The van der Waals surface area contributed by atoms with E-state index in [-0.39, 0.29) is 11.0 Å². The minimum absolute atomic E-state index is 0.184. The van der Waals surface area contributed by atoms with Gasteiger partial charge in [-0.2, -0.15) is 0 Å². The van der Waals surface area contributed by atoms with Crippen LogP contribution in [0.15, 0.2) is 59.1 Å². The number of thiocarbonyl (C=S) groups is 1. The smallest absolute Gasteiger partial charge is 0.257 e. The zero-order valence-corrected chi connectivity index (χ0v) is 20.4. The number of carbonyl (C=O) groups is 1. The number of benzene rings is 2. The summed E-state index contributed by atoms with van der Waals surface area (Å²) >= 11 is 8.79. The third kappa shape index (κ3) is 8.71. The van der Waals surface area contributed by atoms with E-state index in [4.69, 9.17) is 21.7 Å². The Hall–Kier alpha value is -2.38. The predicted molar refractivity (Wildman–Crippen MR) is 134 cm³/mol. The first-order valence-electron chi connectivity index (χ1n) is 10.3. The number of unbranched alkanes of at least 4 members (excludes halogenated alkanes) is 3. The van der Waals surface area contributed by atoms with E-state index in [0.29, 0.717) is 30.2 Å². The summed E-state index contributed by atoms with van der Waals surface area (Å²) in [6.45, 7) is 8.96. The number of ether oxygens (including phenoxy) is 2. The van der Waals surface area contributed by atoms with Crippen LogP contribution in [0, 0.1) is 0 Å². The summed E-state index contributed by atoms with van der Waals surface area (Å²) < 4.78 is 12.2. The highest BCUT2D eigenvalue weighted by molar-refractivity contribution is 9.10. The van der Waals surface area contributed by atoms with E-state index in [0.717, 1.165) is 28.6 Å². The number of halogens is 1. The molecule has 0 heterocycles. The first kappa shape index (κ1) is 24.9. The Morgan fingerprint density at radius 1 is 1.10 bits per heavy atom. The van der Waals surface area contributed by atoms with Crippen LogP contribution in [-0.2, 0) is 0 Å². The molecule has 0 aliphatic rings. The van der Waals surface area contributed by atoms with Crippen LogP contribution in [0.3, 0.4) is 0 Å². The Kier molecular flexibility index (Phi) is 10.5. The lowest BCUT2D eigenvalue weighted by Crippen LogP contribution is -2.34. The van der Waals surface area contributed by atoms with Gasteiger partial charge in [-0.3, -0.25) is 10.1 Å². The van der Waals surface area contributed by atoms with Gasteiger partial charge in [0.1, 0.15) is 18.1 Å². The molecule has 2 N–H and O–H groups in total. The summed E-state index contributed by atoms with van der Waals surface area (Å²) in [6, 6.07) is 12.6. The van der Waals surface area contributed by atoms with Crippen LogP contribution in [0.25, 0.3) is 0 Å². The normalized spacial score (nSPS) is 10.3. The Balaban J connectivity index is 1.92. The molecule has 0 aromatic heterocycles. The summed E-state index contributed by atoms with van der Waals surface area (Å²) in [7, 11) is 0. The SMILES string of the molecule is C=C(C)COc1ccccc1NC(=S)NC(=O)c1ccc(OCCCCCC)c(Br)c1. The first-order chi connectivity index (χ1) is 14.9. The third-order valence-corrected chi connectivity index (χ3v) is 5.11. The Morgan fingerprint density at radius 3 is 2.58 bits per heavy atom. The molecule has 7 heteroatoms. The largest absolute Gasteiger partial charge is 0.492 e. The van der Waals surface area contributed by atoms with E-state index in [9.17, 15) is 4.79 Å². The Bertz CT molecular complexity index is 917. The zero-order valence-electron chi connectivity index (χ0n) is 18.0. The number of carbonyl (C=O) groups excluding carboxylic acids is 1. The van der Waals surface area contributed by atoms with Crippen LogP contribution in [0.1, 0.15) is 49.9 Å². The minimum atomic E-state index is -0.312. The molecule has 0 radical (unpaired) electrons. The number of hydrogen-bond donors (Lipinski definition) is 2. The van der Waals surface area contributed by atoms with Crippen molar-refractivity contribution in [3.05, 3.63) is 64.7 Å². The molecule has 0 bridgehead atoms. The molecule has 2 rings (SSSR count). The van der Waals surface area contributed by atoms with Crippen molar-refractivity contribution in [3.8, 4) is 11.5 Å². The number of para-hydroxylation sites is 2. The van der Waals surface area contributed by atoms with Crippen LogP contribution in [0.2, 0.25) is 0 Å². The summed E-state index contributed by atoms with van der Waals surface area (Å²) in [6.07, 6.45) is 4.57. The summed E-state index contributed by atoms with van der Waals surface area (Å²) in [5.41, 5.74) is 2.05. The van der Waals surface area contributed by atoms with E-state index < -0.39 is 0 Å².